The maximum Gasteiger partial charge on any atom is 0.344 e. The molecule has 0 N–H and O–H groups in total. The highest BCUT2D eigenvalue weighted by Crippen LogP contribution is 2.20. The number of likely N-dealkylation sites (tertiary alicyclic amines) is 1. The third-order valence-corrected chi connectivity index (χ3v) is 3.92. The van der Waals surface area contributed by atoms with Gasteiger partial charge in [-0.15, -0.1) is 0 Å². The van der Waals surface area contributed by atoms with Crippen LogP contribution in [0.1, 0.15) is 25.8 Å². The lowest BCUT2D eigenvalue weighted by Gasteiger charge is -2.34. The summed E-state index contributed by atoms with van der Waals surface area (Å²) in [5.41, 5.74) is 0.514. The largest absolute Gasteiger partial charge is 0.482 e. The Morgan fingerprint density at radius 2 is 1.79 bits per heavy atom. The van der Waals surface area contributed by atoms with E-state index in [1.165, 1.54) is 0 Å². The highest BCUT2D eigenvalue weighted by Gasteiger charge is 2.25. The number of carbonyl (C=O) groups is 2. The fraction of sp³-hybridized carbons (Fsp3) is 0.500. The molecule has 1 amide bonds. The van der Waals surface area contributed by atoms with Crippen LogP contribution < -0.4 is 4.74 Å². The third-order valence-electron chi connectivity index (χ3n) is 3.92. The molecule has 0 aromatic heterocycles. The van der Waals surface area contributed by atoms with E-state index < -0.39 is 5.97 Å². The number of nitriles is 1. The molecule has 1 aliphatic rings. The van der Waals surface area contributed by atoms with Crippen LogP contribution in [0.2, 0.25) is 0 Å². The lowest BCUT2D eigenvalue weighted by molar-refractivity contribution is -0.154. The number of carbonyl (C=O) groups excluding carboxylic acids is 2. The molecule has 24 heavy (non-hydrogen) atoms. The van der Waals surface area contributed by atoms with Crippen molar-refractivity contribution >= 4 is 11.9 Å². The van der Waals surface area contributed by atoms with E-state index in [2.05, 4.69) is 13.8 Å². The van der Waals surface area contributed by atoms with Crippen molar-refractivity contribution in [3.63, 3.8) is 0 Å². The first kappa shape index (κ1) is 17.8. The Kier molecular flexibility index (Phi) is 6.19. The first-order valence-corrected chi connectivity index (χ1v) is 8.04. The molecule has 6 nitrogen and oxygen atoms in total. The molecule has 1 saturated heterocycles. The topological polar surface area (TPSA) is 79.6 Å². The van der Waals surface area contributed by atoms with Gasteiger partial charge in [-0.05, 0) is 42.5 Å². The summed E-state index contributed by atoms with van der Waals surface area (Å²) in [6, 6.07) is 8.41. The molecule has 1 aliphatic heterocycles. The van der Waals surface area contributed by atoms with Gasteiger partial charge in [0.15, 0.2) is 13.2 Å². The summed E-state index contributed by atoms with van der Waals surface area (Å²) in [5.74, 6) is 0.642. The van der Waals surface area contributed by atoms with E-state index >= 15 is 0 Å². The summed E-state index contributed by atoms with van der Waals surface area (Å²) in [5, 5.41) is 8.71. The molecule has 0 bridgehead atoms. The van der Waals surface area contributed by atoms with E-state index in [1.54, 1.807) is 29.2 Å². The number of hydrogen-bond acceptors (Lipinski definition) is 5. The highest BCUT2D eigenvalue weighted by molar-refractivity contribution is 5.81. The van der Waals surface area contributed by atoms with Gasteiger partial charge < -0.3 is 14.4 Å². The Bertz CT molecular complexity index is 611. The van der Waals surface area contributed by atoms with Crippen LogP contribution in [-0.4, -0.2) is 43.1 Å². The van der Waals surface area contributed by atoms with E-state index in [9.17, 15) is 9.59 Å². The van der Waals surface area contributed by atoms with Crippen molar-refractivity contribution in [2.75, 3.05) is 26.3 Å². The Morgan fingerprint density at radius 1 is 1.17 bits per heavy atom. The molecule has 1 aromatic carbocycles. The van der Waals surface area contributed by atoms with Crippen molar-refractivity contribution < 1.29 is 19.1 Å². The van der Waals surface area contributed by atoms with Crippen LogP contribution in [0, 0.1) is 23.2 Å². The number of rotatable bonds is 5. The van der Waals surface area contributed by atoms with E-state index in [1.807, 2.05) is 6.07 Å². The van der Waals surface area contributed by atoms with Gasteiger partial charge in [0.25, 0.3) is 5.91 Å². The Balaban J connectivity index is 1.72. The maximum absolute atomic E-state index is 12.1. The number of nitrogens with zero attached hydrogens (tertiary/aromatic N) is 2. The molecule has 0 unspecified atom stereocenters. The summed E-state index contributed by atoms with van der Waals surface area (Å²) >= 11 is 0. The van der Waals surface area contributed by atoms with Crippen LogP contribution in [0.4, 0.5) is 0 Å². The van der Waals surface area contributed by atoms with Crippen molar-refractivity contribution in [2.45, 2.75) is 20.3 Å². The smallest absolute Gasteiger partial charge is 0.344 e. The number of piperidine rings is 1. The summed E-state index contributed by atoms with van der Waals surface area (Å²) in [7, 11) is 0. The second-order valence-corrected chi connectivity index (χ2v) is 6.33. The van der Waals surface area contributed by atoms with Gasteiger partial charge in [0.05, 0.1) is 11.6 Å². The Hall–Kier alpha value is -2.55. The number of esters is 1. The SMILES string of the molecule is C[C@@H]1C[C@@H](C)CN(C(=O)COC(=O)COc2ccc(C#N)cc2)C1. The number of ether oxygens (including phenoxy) is 2. The van der Waals surface area contributed by atoms with Gasteiger partial charge in [-0.3, -0.25) is 4.79 Å². The van der Waals surface area contributed by atoms with Crippen molar-refractivity contribution in [1.82, 2.24) is 4.90 Å². The van der Waals surface area contributed by atoms with Crippen LogP contribution in [0.25, 0.3) is 0 Å². The van der Waals surface area contributed by atoms with Gasteiger partial charge in [0.2, 0.25) is 0 Å². The quantitative estimate of drug-likeness (QED) is 0.771. The average Bonchev–Trinajstić information content (AvgIpc) is 2.57. The third kappa shape index (κ3) is 5.27. The molecular formula is C18H22N2O4. The fourth-order valence-electron chi connectivity index (χ4n) is 2.91. The first-order chi connectivity index (χ1) is 11.5. The molecule has 1 heterocycles. The number of hydrogen-bond donors (Lipinski definition) is 0. The first-order valence-electron chi connectivity index (χ1n) is 8.04. The minimum atomic E-state index is -0.592. The second-order valence-electron chi connectivity index (χ2n) is 6.33. The molecule has 1 aromatic rings. The van der Waals surface area contributed by atoms with Crippen molar-refractivity contribution in [2.24, 2.45) is 11.8 Å². The normalized spacial score (nSPS) is 20.1. The molecule has 128 valence electrons. The van der Waals surface area contributed by atoms with Gasteiger partial charge in [-0.25, -0.2) is 4.79 Å². The zero-order valence-electron chi connectivity index (χ0n) is 14.0. The molecule has 2 rings (SSSR count). The molecular weight excluding hydrogens is 308 g/mol. The predicted octanol–water partition coefficient (Wildman–Crippen LogP) is 1.98. The molecule has 6 heteroatoms. The summed E-state index contributed by atoms with van der Waals surface area (Å²) in [6.45, 7) is 5.13. The van der Waals surface area contributed by atoms with Gasteiger partial charge in [0, 0.05) is 13.1 Å². The van der Waals surface area contributed by atoms with Crippen LogP contribution >= 0.6 is 0 Å². The lowest BCUT2D eigenvalue weighted by Crippen LogP contribution is -2.44. The molecule has 1 fully saturated rings. The zero-order valence-corrected chi connectivity index (χ0v) is 14.0. The van der Waals surface area contributed by atoms with Crippen LogP contribution in [-0.2, 0) is 14.3 Å². The van der Waals surface area contributed by atoms with E-state index in [-0.39, 0.29) is 19.1 Å². The molecule has 0 spiro atoms. The monoisotopic (exact) mass is 330 g/mol. The minimum Gasteiger partial charge on any atom is -0.482 e. The van der Waals surface area contributed by atoms with E-state index in [0.29, 0.717) is 36.2 Å². The van der Waals surface area contributed by atoms with Crippen molar-refractivity contribution in [3.05, 3.63) is 29.8 Å². The predicted molar refractivity (Wildman–Crippen MR) is 87.1 cm³/mol. The molecule has 0 aliphatic carbocycles. The number of amides is 1. The zero-order chi connectivity index (χ0) is 17.5. The van der Waals surface area contributed by atoms with Crippen LogP contribution in [0.5, 0.6) is 5.75 Å². The van der Waals surface area contributed by atoms with Gasteiger partial charge in [0.1, 0.15) is 5.75 Å². The molecule has 2 atom stereocenters. The maximum atomic E-state index is 12.1. The summed E-state index contributed by atoms with van der Waals surface area (Å²) < 4.78 is 10.3. The Labute approximate surface area is 142 Å². The van der Waals surface area contributed by atoms with Crippen molar-refractivity contribution in [3.8, 4) is 11.8 Å². The lowest BCUT2D eigenvalue weighted by atomic mass is 9.92. The van der Waals surface area contributed by atoms with Crippen LogP contribution in [0.3, 0.4) is 0 Å². The van der Waals surface area contributed by atoms with Crippen LogP contribution in [0.15, 0.2) is 24.3 Å². The molecule has 0 saturated carbocycles. The summed E-state index contributed by atoms with van der Waals surface area (Å²) in [6.07, 6.45) is 1.11. The van der Waals surface area contributed by atoms with E-state index in [0.717, 1.165) is 6.42 Å². The van der Waals surface area contributed by atoms with Gasteiger partial charge in [-0.1, -0.05) is 13.8 Å². The Morgan fingerprint density at radius 3 is 2.38 bits per heavy atom. The van der Waals surface area contributed by atoms with Gasteiger partial charge >= 0.3 is 5.97 Å². The highest BCUT2D eigenvalue weighted by atomic mass is 16.6. The number of benzene rings is 1. The summed E-state index contributed by atoms with van der Waals surface area (Å²) in [4.78, 5) is 25.6. The molecule has 0 radical (unpaired) electrons. The minimum absolute atomic E-state index is 0.167. The second kappa shape index (κ2) is 8.34. The van der Waals surface area contributed by atoms with Crippen molar-refractivity contribution in [1.29, 1.82) is 5.26 Å². The van der Waals surface area contributed by atoms with E-state index in [4.69, 9.17) is 14.7 Å². The van der Waals surface area contributed by atoms with Gasteiger partial charge in [-0.2, -0.15) is 5.26 Å². The fourth-order valence-corrected chi connectivity index (χ4v) is 2.91. The average molecular weight is 330 g/mol. The standard InChI is InChI=1S/C18H22N2O4/c1-13-7-14(2)10-20(9-13)17(21)11-24-18(22)12-23-16-5-3-15(8-19)4-6-16/h3-6,13-14H,7,9-12H2,1-2H3/t13-,14-/m1/s1.